The lowest BCUT2D eigenvalue weighted by Gasteiger charge is -2.21. The molecule has 2 aromatic rings. The van der Waals surface area contributed by atoms with Gasteiger partial charge in [0.25, 0.3) is 0 Å². The van der Waals surface area contributed by atoms with E-state index in [4.69, 9.17) is 21.1 Å². The molecule has 2 atom stereocenters. The molecule has 1 heterocycles. The molecule has 144 valence electrons. The summed E-state index contributed by atoms with van der Waals surface area (Å²) in [6, 6.07) is 10.2. The van der Waals surface area contributed by atoms with Gasteiger partial charge < -0.3 is 14.6 Å². The lowest BCUT2D eigenvalue weighted by Crippen LogP contribution is -2.21. The average Bonchev–Trinajstić information content (AvgIpc) is 3.24. The maximum atomic E-state index is 9.74. The number of benzene rings is 2. The van der Waals surface area contributed by atoms with E-state index in [0.29, 0.717) is 23.9 Å². The maximum absolute atomic E-state index is 9.74. The van der Waals surface area contributed by atoms with Gasteiger partial charge in [-0.25, -0.2) is 0 Å². The third-order valence-corrected chi connectivity index (χ3v) is 5.99. The van der Waals surface area contributed by atoms with Gasteiger partial charge in [0.2, 0.25) is 0 Å². The zero-order chi connectivity index (χ0) is 19.0. The zero-order valence-corrected chi connectivity index (χ0v) is 16.6. The number of β-amino-alcohol motifs (C(OH)–C–C–N with tert-alkyl or cyclic N) is 1. The summed E-state index contributed by atoms with van der Waals surface area (Å²) in [5.74, 6) is 1.44. The summed E-state index contributed by atoms with van der Waals surface area (Å²) in [5.41, 5.74) is 5.01. The van der Waals surface area contributed by atoms with Crippen molar-refractivity contribution in [1.29, 1.82) is 0 Å². The molecule has 0 saturated carbocycles. The van der Waals surface area contributed by atoms with Crippen molar-refractivity contribution < 1.29 is 14.6 Å². The summed E-state index contributed by atoms with van der Waals surface area (Å²) in [7, 11) is 1.67. The Morgan fingerprint density at radius 1 is 1.22 bits per heavy atom. The van der Waals surface area contributed by atoms with Gasteiger partial charge in [-0.1, -0.05) is 29.8 Å². The lowest BCUT2D eigenvalue weighted by molar-refractivity contribution is 0.174. The molecule has 5 heteroatoms. The Bertz CT molecular complexity index is 839. The molecule has 4 rings (SSSR count). The lowest BCUT2D eigenvalue weighted by atomic mass is 10.0. The molecule has 0 bridgehead atoms. The molecule has 2 aliphatic rings. The summed E-state index contributed by atoms with van der Waals surface area (Å²) in [5, 5.41) is 10.3. The number of nitrogens with zero attached hydrogens (tertiary/aromatic N) is 1. The highest BCUT2D eigenvalue weighted by Gasteiger charge is 2.27. The number of methoxy groups -OCH3 is 1. The summed E-state index contributed by atoms with van der Waals surface area (Å²) in [6.07, 6.45) is 2.61. The summed E-state index contributed by atoms with van der Waals surface area (Å²) in [6.45, 7) is 4.45. The Morgan fingerprint density at radius 2 is 2.07 bits per heavy atom. The van der Waals surface area contributed by atoms with E-state index in [2.05, 4.69) is 30.0 Å². The number of ether oxygens (including phenoxy) is 2. The fourth-order valence-electron chi connectivity index (χ4n) is 4.25. The smallest absolute Gasteiger partial charge is 0.142 e. The highest BCUT2D eigenvalue weighted by atomic mass is 35.5. The minimum absolute atomic E-state index is 0.0293. The van der Waals surface area contributed by atoms with Crippen LogP contribution >= 0.6 is 11.6 Å². The Kier molecular flexibility index (Phi) is 5.31. The Labute approximate surface area is 165 Å². The number of rotatable bonds is 5. The number of fused-ring (bicyclic) bond motifs is 1. The summed E-state index contributed by atoms with van der Waals surface area (Å²) < 4.78 is 11.9. The van der Waals surface area contributed by atoms with Crippen molar-refractivity contribution in [1.82, 2.24) is 4.90 Å². The van der Waals surface area contributed by atoms with E-state index in [1.165, 1.54) is 16.7 Å². The molecule has 1 fully saturated rings. The van der Waals surface area contributed by atoms with E-state index in [0.717, 1.165) is 37.1 Å². The number of hydrogen-bond donors (Lipinski definition) is 1. The largest absolute Gasteiger partial charge is 0.496 e. The second-order valence-corrected chi connectivity index (χ2v) is 7.97. The van der Waals surface area contributed by atoms with Crippen LogP contribution in [0.2, 0.25) is 5.02 Å². The predicted molar refractivity (Wildman–Crippen MR) is 107 cm³/mol. The topological polar surface area (TPSA) is 41.9 Å². The van der Waals surface area contributed by atoms with Crippen molar-refractivity contribution in [2.45, 2.75) is 44.9 Å². The molecule has 0 radical (unpaired) electrons. The molecular formula is C22H26ClNO3. The molecule has 0 aromatic heterocycles. The van der Waals surface area contributed by atoms with Crippen molar-refractivity contribution in [3.63, 3.8) is 0 Å². The van der Waals surface area contributed by atoms with Gasteiger partial charge in [-0.15, -0.1) is 0 Å². The molecule has 2 aromatic carbocycles. The first-order valence-electron chi connectivity index (χ1n) is 9.57. The van der Waals surface area contributed by atoms with E-state index in [9.17, 15) is 5.11 Å². The highest BCUT2D eigenvalue weighted by Crippen LogP contribution is 2.41. The first kappa shape index (κ1) is 18.6. The monoisotopic (exact) mass is 387 g/mol. The number of aryl methyl sites for hydroxylation is 1. The van der Waals surface area contributed by atoms with E-state index >= 15 is 0 Å². The Morgan fingerprint density at radius 3 is 2.81 bits per heavy atom. The van der Waals surface area contributed by atoms with E-state index in [-0.39, 0.29) is 12.2 Å². The van der Waals surface area contributed by atoms with Crippen LogP contribution in [0.25, 0.3) is 0 Å². The number of aliphatic hydroxyl groups is 1. The van der Waals surface area contributed by atoms with Crippen LogP contribution in [0.4, 0.5) is 0 Å². The number of hydrogen-bond acceptors (Lipinski definition) is 4. The molecule has 0 spiro atoms. The molecule has 0 unspecified atom stereocenters. The zero-order valence-electron chi connectivity index (χ0n) is 15.9. The van der Waals surface area contributed by atoms with Gasteiger partial charge in [-0.2, -0.15) is 0 Å². The Hall–Kier alpha value is -1.75. The third kappa shape index (κ3) is 3.79. The van der Waals surface area contributed by atoms with Crippen molar-refractivity contribution >= 4 is 11.6 Å². The normalized spacial score (nSPS) is 22.1. The third-order valence-electron chi connectivity index (χ3n) is 5.70. The van der Waals surface area contributed by atoms with Crippen molar-refractivity contribution in [2.24, 2.45) is 0 Å². The van der Waals surface area contributed by atoms with Gasteiger partial charge in [0.05, 0.1) is 18.2 Å². The summed E-state index contributed by atoms with van der Waals surface area (Å²) >= 11 is 6.56. The van der Waals surface area contributed by atoms with Crippen LogP contribution < -0.4 is 9.47 Å². The quantitative estimate of drug-likeness (QED) is 0.831. The summed E-state index contributed by atoms with van der Waals surface area (Å²) in [4.78, 5) is 2.22. The van der Waals surface area contributed by atoms with Gasteiger partial charge >= 0.3 is 0 Å². The van der Waals surface area contributed by atoms with E-state index in [1.807, 2.05) is 12.1 Å². The minimum Gasteiger partial charge on any atom is -0.496 e. The first-order valence-corrected chi connectivity index (χ1v) is 9.95. The van der Waals surface area contributed by atoms with E-state index in [1.54, 1.807) is 7.11 Å². The van der Waals surface area contributed by atoms with Crippen LogP contribution in [0.15, 0.2) is 30.3 Å². The SMILES string of the molecule is COc1cc(O[C@H]2CCc3c(C)cccc32)c(Cl)cc1CN1CC[C@@H](O)C1. The molecule has 1 N–H and O–H groups in total. The number of aliphatic hydroxyl groups excluding tert-OH is 1. The van der Waals surface area contributed by atoms with Gasteiger partial charge in [0.15, 0.2) is 0 Å². The van der Waals surface area contributed by atoms with Gasteiger partial charge in [-0.3, -0.25) is 4.90 Å². The minimum atomic E-state index is -0.236. The average molecular weight is 388 g/mol. The van der Waals surface area contributed by atoms with Crippen LogP contribution in [0.5, 0.6) is 11.5 Å². The second kappa shape index (κ2) is 7.70. The molecule has 1 aliphatic carbocycles. The maximum Gasteiger partial charge on any atom is 0.142 e. The van der Waals surface area contributed by atoms with E-state index < -0.39 is 0 Å². The predicted octanol–water partition coefficient (Wildman–Crippen LogP) is 4.29. The van der Waals surface area contributed by atoms with Gasteiger partial charge in [0, 0.05) is 31.3 Å². The second-order valence-electron chi connectivity index (χ2n) is 7.56. The van der Waals surface area contributed by atoms with Crippen LogP contribution in [-0.2, 0) is 13.0 Å². The van der Waals surface area contributed by atoms with Gasteiger partial charge in [0.1, 0.15) is 17.6 Å². The molecular weight excluding hydrogens is 362 g/mol. The molecule has 1 aliphatic heterocycles. The van der Waals surface area contributed by atoms with Crippen molar-refractivity contribution in [2.75, 3.05) is 20.2 Å². The molecule has 1 saturated heterocycles. The van der Waals surface area contributed by atoms with Crippen LogP contribution in [0, 0.1) is 6.92 Å². The van der Waals surface area contributed by atoms with Gasteiger partial charge in [-0.05, 0) is 48.9 Å². The standard InChI is InChI=1S/C22H26ClNO3/c1-14-4-3-5-18-17(14)6-7-20(18)27-22-11-21(26-2)15(10-19(22)23)12-24-9-8-16(25)13-24/h3-5,10-11,16,20,25H,6-9,12-13H2,1-2H3/t16-,20+/m1/s1. The van der Waals surface area contributed by atoms with Crippen LogP contribution in [-0.4, -0.2) is 36.3 Å². The number of likely N-dealkylation sites (tertiary alicyclic amines) is 1. The fourth-order valence-corrected chi connectivity index (χ4v) is 4.48. The molecule has 27 heavy (non-hydrogen) atoms. The van der Waals surface area contributed by atoms with Crippen molar-refractivity contribution in [3.8, 4) is 11.5 Å². The molecule has 0 amide bonds. The van der Waals surface area contributed by atoms with Crippen LogP contribution in [0.1, 0.15) is 41.2 Å². The van der Waals surface area contributed by atoms with Crippen LogP contribution in [0.3, 0.4) is 0 Å². The first-order chi connectivity index (χ1) is 13.0. The molecule has 4 nitrogen and oxygen atoms in total. The van der Waals surface area contributed by atoms with Crippen molar-refractivity contribution in [3.05, 3.63) is 57.6 Å². The number of halogens is 1. The Balaban J connectivity index is 1.55. The highest BCUT2D eigenvalue weighted by molar-refractivity contribution is 6.32. The fraction of sp³-hybridized carbons (Fsp3) is 0.455.